The van der Waals surface area contributed by atoms with Gasteiger partial charge in [-0.05, 0) is 85.7 Å². The molecule has 1 amide bonds. The molecule has 1 atom stereocenters. The fraction of sp³-hybridized carbons (Fsp3) is 0.312. The molecular formula is C32H34ClNO4. The van der Waals surface area contributed by atoms with Crippen LogP contribution in [-0.4, -0.2) is 22.9 Å². The van der Waals surface area contributed by atoms with E-state index in [1.165, 1.54) is 4.90 Å². The lowest BCUT2D eigenvalue weighted by atomic mass is 9.85. The quantitative estimate of drug-likeness (QED) is 0.208. The van der Waals surface area contributed by atoms with Crippen LogP contribution in [0.25, 0.3) is 5.76 Å². The highest BCUT2D eigenvalue weighted by molar-refractivity contribution is 6.52. The van der Waals surface area contributed by atoms with Crippen LogP contribution in [0, 0.1) is 13.8 Å². The van der Waals surface area contributed by atoms with Crippen LogP contribution in [0.4, 0.5) is 5.69 Å². The number of benzene rings is 3. The van der Waals surface area contributed by atoms with Crippen molar-refractivity contribution in [3.05, 3.63) is 99.1 Å². The summed E-state index contributed by atoms with van der Waals surface area (Å²) in [5.41, 5.74) is 4.27. The fourth-order valence-electron chi connectivity index (χ4n) is 4.76. The van der Waals surface area contributed by atoms with Crippen molar-refractivity contribution in [2.75, 3.05) is 4.90 Å². The number of hydrogen-bond acceptors (Lipinski definition) is 4. The minimum atomic E-state index is -0.826. The van der Waals surface area contributed by atoms with Crippen molar-refractivity contribution in [1.82, 2.24) is 0 Å². The van der Waals surface area contributed by atoms with Crippen LogP contribution in [0.15, 0.2) is 66.2 Å². The summed E-state index contributed by atoms with van der Waals surface area (Å²) in [7, 11) is 0. The highest BCUT2D eigenvalue weighted by Gasteiger charge is 2.47. The molecule has 4 rings (SSSR count). The van der Waals surface area contributed by atoms with Crippen LogP contribution in [0.2, 0.25) is 5.02 Å². The maximum atomic E-state index is 13.5. The molecule has 0 saturated carbocycles. The van der Waals surface area contributed by atoms with Gasteiger partial charge in [-0.15, -0.1) is 0 Å². The molecule has 0 spiro atoms. The van der Waals surface area contributed by atoms with Gasteiger partial charge in [0.2, 0.25) is 0 Å². The molecule has 1 aliphatic rings. The van der Waals surface area contributed by atoms with Gasteiger partial charge in [-0.2, -0.15) is 0 Å². The number of nitrogens with zero attached hydrogens (tertiary/aromatic N) is 1. The Hall–Kier alpha value is -3.57. The minimum Gasteiger partial charge on any atom is -0.507 e. The second kappa shape index (κ2) is 10.3. The van der Waals surface area contributed by atoms with Gasteiger partial charge in [0, 0.05) is 16.3 Å². The number of carbonyl (C=O) groups excluding carboxylic acids is 2. The number of hydrogen-bond donors (Lipinski definition) is 1. The molecule has 198 valence electrons. The van der Waals surface area contributed by atoms with E-state index in [4.69, 9.17) is 16.3 Å². The third kappa shape index (κ3) is 5.08. The van der Waals surface area contributed by atoms with E-state index in [1.807, 2.05) is 52.0 Å². The van der Waals surface area contributed by atoms with Crippen molar-refractivity contribution in [2.45, 2.75) is 66.0 Å². The first-order chi connectivity index (χ1) is 17.8. The number of aryl methyl sites for hydroxylation is 1. The van der Waals surface area contributed by atoms with Crippen molar-refractivity contribution in [3.63, 3.8) is 0 Å². The molecule has 5 nitrogen and oxygen atoms in total. The molecule has 3 aromatic carbocycles. The summed E-state index contributed by atoms with van der Waals surface area (Å²) >= 11 is 6.41. The lowest BCUT2D eigenvalue weighted by Gasteiger charge is -2.28. The van der Waals surface area contributed by atoms with E-state index >= 15 is 0 Å². The molecule has 6 heteroatoms. The SMILES string of the molecule is Cc1cc(/C(O)=C2\C(=O)C(=O)N(c3cccc(Cl)c3C)C2c2ccc(C(C)(C)C)cc2)ccc1OC(C)C. The summed E-state index contributed by atoms with van der Waals surface area (Å²) in [6.07, 6.45) is -0.00419. The zero-order valence-electron chi connectivity index (χ0n) is 22.9. The smallest absolute Gasteiger partial charge is 0.300 e. The number of aliphatic hydroxyl groups is 1. The number of aliphatic hydroxyl groups excluding tert-OH is 1. The van der Waals surface area contributed by atoms with E-state index in [0.717, 1.165) is 16.7 Å². The van der Waals surface area contributed by atoms with E-state index in [9.17, 15) is 14.7 Å². The average molecular weight is 532 g/mol. The Labute approximate surface area is 229 Å². The number of ether oxygens (including phenoxy) is 1. The molecule has 0 aromatic heterocycles. The Morgan fingerprint density at radius 1 is 1.00 bits per heavy atom. The molecule has 0 radical (unpaired) electrons. The summed E-state index contributed by atoms with van der Waals surface area (Å²) in [4.78, 5) is 28.5. The number of amides is 1. The maximum absolute atomic E-state index is 13.5. The largest absolute Gasteiger partial charge is 0.507 e. The number of anilines is 1. The van der Waals surface area contributed by atoms with Gasteiger partial charge in [-0.3, -0.25) is 14.5 Å². The Kier molecular flexibility index (Phi) is 7.44. The van der Waals surface area contributed by atoms with Crippen LogP contribution >= 0.6 is 11.6 Å². The zero-order chi connectivity index (χ0) is 27.9. The van der Waals surface area contributed by atoms with Gasteiger partial charge in [-0.25, -0.2) is 0 Å². The van der Waals surface area contributed by atoms with Crippen LogP contribution < -0.4 is 9.64 Å². The van der Waals surface area contributed by atoms with Crippen molar-refractivity contribution in [2.24, 2.45) is 0 Å². The molecule has 1 saturated heterocycles. The van der Waals surface area contributed by atoms with Gasteiger partial charge in [0.05, 0.1) is 17.7 Å². The second-order valence-electron chi connectivity index (χ2n) is 11.1. The Morgan fingerprint density at radius 3 is 2.24 bits per heavy atom. The lowest BCUT2D eigenvalue weighted by molar-refractivity contribution is -0.132. The van der Waals surface area contributed by atoms with Crippen LogP contribution in [0.3, 0.4) is 0 Å². The van der Waals surface area contributed by atoms with E-state index < -0.39 is 17.7 Å². The van der Waals surface area contributed by atoms with Crippen molar-refractivity contribution >= 4 is 34.7 Å². The molecule has 3 aromatic rings. The molecule has 1 heterocycles. The van der Waals surface area contributed by atoms with Crippen molar-refractivity contribution in [1.29, 1.82) is 0 Å². The van der Waals surface area contributed by atoms with E-state index in [0.29, 0.717) is 27.6 Å². The highest BCUT2D eigenvalue weighted by atomic mass is 35.5. The van der Waals surface area contributed by atoms with Crippen LogP contribution in [0.5, 0.6) is 5.75 Å². The summed E-state index contributed by atoms with van der Waals surface area (Å²) in [6.45, 7) is 13.9. The fourth-order valence-corrected chi connectivity index (χ4v) is 4.93. The first-order valence-corrected chi connectivity index (χ1v) is 13.1. The van der Waals surface area contributed by atoms with Gasteiger partial charge in [0.15, 0.2) is 0 Å². The first kappa shape index (κ1) is 27.5. The molecule has 1 fully saturated rings. The molecule has 1 N–H and O–H groups in total. The maximum Gasteiger partial charge on any atom is 0.300 e. The number of halogens is 1. The standard InChI is InChI=1S/C32H34ClNO4/c1-18(2)38-26-16-13-22(17-19(26)3)29(35)27-28(21-11-14-23(15-12-21)32(5,6)7)34(31(37)30(27)36)25-10-8-9-24(33)20(25)4/h8-18,28,35H,1-7H3/b29-27+. The monoisotopic (exact) mass is 531 g/mol. The molecule has 1 aliphatic heterocycles. The zero-order valence-corrected chi connectivity index (χ0v) is 23.7. The molecule has 38 heavy (non-hydrogen) atoms. The Morgan fingerprint density at radius 2 is 1.66 bits per heavy atom. The lowest BCUT2D eigenvalue weighted by Crippen LogP contribution is -2.30. The van der Waals surface area contributed by atoms with Gasteiger partial charge in [-0.1, -0.05) is 62.7 Å². The summed E-state index contributed by atoms with van der Waals surface area (Å²) in [5.74, 6) is -0.985. The molecule has 0 bridgehead atoms. The predicted molar refractivity (Wildman–Crippen MR) is 153 cm³/mol. The summed E-state index contributed by atoms with van der Waals surface area (Å²) < 4.78 is 5.83. The van der Waals surface area contributed by atoms with E-state index in [1.54, 1.807) is 36.4 Å². The molecular weight excluding hydrogens is 498 g/mol. The summed E-state index contributed by atoms with van der Waals surface area (Å²) in [6, 6.07) is 17.5. The third-order valence-corrected chi connectivity index (χ3v) is 7.26. The number of rotatable bonds is 5. The molecule has 1 unspecified atom stereocenters. The van der Waals surface area contributed by atoms with Gasteiger partial charge in [0.1, 0.15) is 11.5 Å². The van der Waals surface area contributed by atoms with Gasteiger partial charge in [0.25, 0.3) is 11.7 Å². The van der Waals surface area contributed by atoms with E-state index in [-0.39, 0.29) is 22.9 Å². The van der Waals surface area contributed by atoms with Gasteiger partial charge < -0.3 is 9.84 Å². The van der Waals surface area contributed by atoms with Gasteiger partial charge >= 0.3 is 0 Å². The predicted octanol–water partition coefficient (Wildman–Crippen LogP) is 7.67. The second-order valence-corrected chi connectivity index (χ2v) is 11.5. The Bertz CT molecular complexity index is 1430. The van der Waals surface area contributed by atoms with Crippen LogP contribution in [-0.2, 0) is 15.0 Å². The topological polar surface area (TPSA) is 66.8 Å². The number of Topliss-reactive ketones (excluding diaryl/α,β-unsaturated/α-hetero) is 1. The number of ketones is 1. The minimum absolute atomic E-state index is 0.00419. The summed E-state index contributed by atoms with van der Waals surface area (Å²) in [5, 5.41) is 12.0. The third-order valence-electron chi connectivity index (χ3n) is 6.85. The van der Waals surface area contributed by atoms with Crippen molar-refractivity contribution < 1.29 is 19.4 Å². The Balaban J connectivity index is 1.93. The van der Waals surface area contributed by atoms with Crippen LogP contribution in [0.1, 0.15) is 68.5 Å². The highest BCUT2D eigenvalue weighted by Crippen LogP contribution is 2.44. The first-order valence-electron chi connectivity index (χ1n) is 12.8. The normalized spacial score (nSPS) is 17.4. The number of carbonyl (C=O) groups is 2. The molecule has 0 aliphatic carbocycles. The van der Waals surface area contributed by atoms with E-state index in [2.05, 4.69) is 20.8 Å². The van der Waals surface area contributed by atoms with Crippen molar-refractivity contribution in [3.8, 4) is 5.75 Å². The average Bonchev–Trinajstić information content (AvgIpc) is 3.11.